The average molecular weight is 409 g/mol. The number of likely N-dealkylation sites (tertiary alicyclic amines) is 1. The van der Waals surface area contributed by atoms with Crippen molar-refractivity contribution in [1.82, 2.24) is 19.4 Å². The molecule has 30 heavy (non-hydrogen) atoms. The predicted molar refractivity (Wildman–Crippen MR) is 121 cm³/mol. The first kappa shape index (κ1) is 21.0. The molecule has 0 bridgehead atoms. The van der Waals surface area contributed by atoms with Crippen molar-refractivity contribution in [1.29, 1.82) is 0 Å². The van der Waals surface area contributed by atoms with Gasteiger partial charge in [-0.15, -0.1) is 0 Å². The second kappa shape index (κ2) is 9.71. The molecule has 4 nitrogen and oxygen atoms in total. The first-order valence-electron chi connectivity index (χ1n) is 11.2. The van der Waals surface area contributed by atoms with Gasteiger partial charge in [-0.25, -0.2) is 9.37 Å². The summed E-state index contributed by atoms with van der Waals surface area (Å²) in [6.45, 7) is 8.23. The van der Waals surface area contributed by atoms with Gasteiger partial charge >= 0.3 is 0 Å². The first-order chi connectivity index (χ1) is 14.6. The lowest BCUT2D eigenvalue weighted by Gasteiger charge is -2.34. The number of hydrogen-bond acceptors (Lipinski definition) is 3. The number of rotatable bonds is 8. The van der Waals surface area contributed by atoms with Crippen LogP contribution in [0.3, 0.4) is 0 Å². The third-order valence-corrected chi connectivity index (χ3v) is 6.29. The Labute approximate surface area is 179 Å². The lowest BCUT2D eigenvalue weighted by molar-refractivity contribution is 0.140. The monoisotopic (exact) mass is 408 g/mol. The van der Waals surface area contributed by atoms with E-state index >= 15 is 0 Å². The third-order valence-electron chi connectivity index (χ3n) is 6.29. The molecule has 0 unspecified atom stereocenters. The van der Waals surface area contributed by atoms with Crippen LogP contribution in [0.25, 0.3) is 11.0 Å². The van der Waals surface area contributed by atoms with E-state index in [4.69, 9.17) is 4.98 Å². The van der Waals surface area contributed by atoms with Crippen LogP contribution in [0.5, 0.6) is 0 Å². The summed E-state index contributed by atoms with van der Waals surface area (Å²) in [5.74, 6) is 1.72. The summed E-state index contributed by atoms with van der Waals surface area (Å²) < 4.78 is 16.2. The van der Waals surface area contributed by atoms with E-state index in [2.05, 4.69) is 52.6 Å². The quantitative estimate of drug-likeness (QED) is 0.545. The largest absolute Gasteiger partial charge is 0.327 e. The van der Waals surface area contributed by atoms with Crippen LogP contribution < -0.4 is 0 Å². The van der Waals surface area contributed by atoms with E-state index in [1.54, 1.807) is 12.1 Å². The number of benzene rings is 2. The van der Waals surface area contributed by atoms with Gasteiger partial charge in [-0.2, -0.15) is 0 Å². The normalized spacial score (nSPS) is 17.8. The summed E-state index contributed by atoms with van der Waals surface area (Å²) in [5.41, 5.74) is 3.13. The topological polar surface area (TPSA) is 24.3 Å². The van der Waals surface area contributed by atoms with E-state index in [1.807, 2.05) is 12.1 Å². The molecule has 0 saturated carbocycles. The molecule has 2 heterocycles. The number of aromatic nitrogens is 2. The average Bonchev–Trinajstić information content (AvgIpc) is 3.10. The third kappa shape index (κ3) is 4.90. The van der Waals surface area contributed by atoms with Crippen LogP contribution in [0.15, 0.2) is 48.5 Å². The molecule has 1 aliphatic rings. The molecular weight excluding hydrogens is 375 g/mol. The molecule has 1 fully saturated rings. The number of nitrogens with zero attached hydrogens (tertiary/aromatic N) is 4. The molecule has 0 aliphatic carbocycles. The van der Waals surface area contributed by atoms with E-state index in [1.165, 1.54) is 18.4 Å². The van der Waals surface area contributed by atoms with Crippen LogP contribution in [0.1, 0.15) is 31.2 Å². The van der Waals surface area contributed by atoms with E-state index in [-0.39, 0.29) is 5.82 Å². The van der Waals surface area contributed by atoms with Gasteiger partial charge in [0.2, 0.25) is 0 Å². The smallest absolute Gasteiger partial charge is 0.126 e. The van der Waals surface area contributed by atoms with Crippen LogP contribution in [0.4, 0.5) is 4.39 Å². The molecule has 1 saturated heterocycles. The lowest BCUT2D eigenvalue weighted by Crippen LogP contribution is -2.41. The van der Waals surface area contributed by atoms with Gasteiger partial charge < -0.3 is 9.47 Å². The molecule has 5 heteroatoms. The van der Waals surface area contributed by atoms with Gasteiger partial charge in [0.1, 0.15) is 11.6 Å². The Balaban J connectivity index is 1.32. The minimum atomic E-state index is -0.0791. The van der Waals surface area contributed by atoms with Crippen molar-refractivity contribution in [3.05, 3.63) is 65.7 Å². The second-order valence-corrected chi connectivity index (χ2v) is 8.61. The zero-order chi connectivity index (χ0) is 20.9. The van der Waals surface area contributed by atoms with Crippen molar-refractivity contribution in [2.45, 2.75) is 39.3 Å². The maximum Gasteiger partial charge on any atom is 0.126 e. The number of hydrogen-bond donors (Lipinski definition) is 0. The molecule has 2 aromatic carbocycles. The van der Waals surface area contributed by atoms with Gasteiger partial charge in [0.15, 0.2) is 0 Å². The summed E-state index contributed by atoms with van der Waals surface area (Å²) in [4.78, 5) is 9.80. The van der Waals surface area contributed by atoms with Gasteiger partial charge in [-0.1, -0.05) is 30.3 Å². The Morgan fingerprint density at radius 1 is 1.13 bits per heavy atom. The Morgan fingerprint density at radius 3 is 2.77 bits per heavy atom. The van der Waals surface area contributed by atoms with Crippen LogP contribution in [-0.4, -0.2) is 52.6 Å². The van der Waals surface area contributed by atoms with Crippen LogP contribution in [0.2, 0.25) is 0 Å². The number of fused-ring (bicyclic) bond motifs is 1. The SMILES string of the molecule is CCn1c(CN(C)C[C@@H]2CCCN(CCc3ccccc3F)C2)nc2ccccc21. The standard InChI is InChI=1S/C25H33FN4/c1-3-30-24-13-7-6-12-23(24)27-25(30)19-28(2)17-20-9-8-15-29(18-20)16-14-21-10-4-5-11-22(21)26/h4-7,10-13,20H,3,8-9,14-19H2,1-2H3/t20-/m0/s1. The summed E-state index contributed by atoms with van der Waals surface area (Å²) in [6.07, 6.45) is 3.28. The van der Waals surface area contributed by atoms with E-state index in [0.29, 0.717) is 5.92 Å². The lowest BCUT2D eigenvalue weighted by atomic mass is 9.97. The Bertz CT molecular complexity index is 967. The molecule has 1 aliphatic heterocycles. The fourth-order valence-corrected chi connectivity index (χ4v) is 4.83. The highest BCUT2D eigenvalue weighted by atomic mass is 19.1. The maximum atomic E-state index is 13.9. The summed E-state index contributed by atoms with van der Waals surface area (Å²) >= 11 is 0. The maximum absolute atomic E-state index is 13.9. The van der Waals surface area contributed by atoms with Gasteiger partial charge in [-0.3, -0.25) is 4.90 Å². The fraction of sp³-hybridized carbons (Fsp3) is 0.480. The van der Waals surface area contributed by atoms with Crippen LogP contribution >= 0.6 is 0 Å². The highest BCUT2D eigenvalue weighted by molar-refractivity contribution is 5.75. The minimum absolute atomic E-state index is 0.0791. The Kier molecular flexibility index (Phi) is 6.80. The fourth-order valence-electron chi connectivity index (χ4n) is 4.83. The van der Waals surface area contributed by atoms with Crippen molar-refractivity contribution in [3.8, 4) is 0 Å². The van der Waals surface area contributed by atoms with E-state index in [9.17, 15) is 4.39 Å². The zero-order valence-corrected chi connectivity index (χ0v) is 18.2. The molecule has 0 amide bonds. The highest BCUT2D eigenvalue weighted by Gasteiger charge is 2.22. The first-order valence-corrected chi connectivity index (χ1v) is 11.2. The van der Waals surface area contributed by atoms with Crippen LogP contribution in [0, 0.1) is 11.7 Å². The minimum Gasteiger partial charge on any atom is -0.327 e. The number of para-hydroxylation sites is 2. The van der Waals surface area contributed by atoms with Crippen molar-refractivity contribution < 1.29 is 4.39 Å². The predicted octanol–water partition coefficient (Wildman–Crippen LogP) is 4.58. The molecule has 160 valence electrons. The molecule has 0 N–H and O–H groups in total. The molecule has 1 aromatic heterocycles. The Hall–Kier alpha value is -2.24. The zero-order valence-electron chi connectivity index (χ0n) is 18.2. The van der Waals surface area contributed by atoms with Crippen molar-refractivity contribution in [2.24, 2.45) is 5.92 Å². The summed E-state index contributed by atoms with van der Waals surface area (Å²) in [7, 11) is 2.21. The van der Waals surface area contributed by atoms with Crippen molar-refractivity contribution >= 4 is 11.0 Å². The molecular formula is C25H33FN4. The van der Waals surface area contributed by atoms with Crippen molar-refractivity contribution in [2.75, 3.05) is 33.2 Å². The summed E-state index contributed by atoms with van der Waals surface area (Å²) in [6, 6.07) is 15.6. The van der Waals surface area contributed by atoms with Crippen LogP contribution in [-0.2, 0) is 19.5 Å². The number of aryl methyl sites for hydroxylation is 1. The number of piperidine rings is 1. The number of imidazole rings is 1. The van der Waals surface area contributed by atoms with Gasteiger partial charge in [0.25, 0.3) is 0 Å². The number of halogens is 1. The molecule has 0 radical (unpaired) electrons. The van der Waals surface area contributed by atoms with Crippen molar-refractivity contribution in [3.63, 3.8) is 0 Å². The molecule has 1 atom stereocenters. The summed E-state index contributed by atoms with van der Waals surface area (Å²) in [5, 5.41) is 0. The Morgan fingerprint density at radius 2 is 1.93 bits per heavy atom. The molecule has 3 aromatic rings. The van der Waals surface area contributed by atoms with Gasteiger partial charge in [0, 0.05) is 26.2 Å². The molecule has 4 rings (SSSR count). The highest BCUT2D eigenvalue weighted by Crippen LogP contribution is 2.21. The van der Waals surface area contributed by atoms with Gasteiger partial charge in [0.05, 0.1) is 17.6 Å². The molecule has 0 spiro atoms. The van der Waals surface area contributed by atoms with E-state index < -0.39 is 0 Å². The van der Waals surface area contributed by atoms with Gasteiger partial charge in [-0.05, 0) is 69.5 Å². The van der Waals surface area contributed by atoms with E-state index in [0.717, 1.165) is 62.6 Å². The second-order valence-electron chi connectivity index (χ2n) is 8.61.